The van der Waals surface area contributed by atoms with Gasteiger partial charge in [-0.3, -0.25) is 4.79 Å². The van der Waals surface area contributed by atoms with Crippen molar-refractivity contribution in [1.29, 1.82) is 0 Å². The topological polar surface area (TPSA) is 70.8 Å². The maximum Gasteiger partial charge on any atom is 0.243 e. The summed E-state index contributed by atoms with van der Waals surface area (Å²) in [6, 6.07) is 14.1. The molecule has 1 aliphatic rings. The van der Waals surface area contributed by atoms with Crippen LogP contribution < -0.4 is 0 Å². The molecule has 30 heavy (non-hydrogen) atoms. The predicted molar refractivity (Wildman–Crippen MR) is 115 cm³/mol. The van der Waals surface area contributed by atoms with E-state index in [1.807, 2.05) is 29.3 Å². The molecule has 0 spiro atoms. The van der Waals surface area contributed by atoms with Gasteiger partial charge < -0.3 is 9.32 Å². The SMILES string of the molecule is Cc1ccc(S(=O)(=O)N(CC(=O)N2CCC[C@@H]2c2cccs2)Cc2ccco2)cc1. The number of furan rings is 1. The van der Waals surface area contributed by atoms with Gasteiger partial charge in [-0.2, -0.15) is 4.31 Å². The summed E-state index contributed by atoms with van der Waals surface area (Å²) in [5.74, 6) is 0.308. The number of thiophene rings is 1. The number of aryl methyl sites for hydroxylation is 1. The standard InChI is InChI=1S/C22H24N2O4S2/c1-17-8-10-19(11-9-17)30(26,27)23(15-18-5-3-13-28-18)16-22(25)24-12-2-6-20(24)21-7-4-14-29-21/h3-5,7-11,13-14,20H,2,6,12,15-16H2,1H3/t20-/m1/s1. The monoisotopic (exact) mass is 444 g/mol. The van der Waals surface area contributed by atoms with Crippen LogP contribution in [0.3, 0.4) is 0 Å². The van der Waals surface area contributed by atoms with Gasteiger partial charge >= 0.3 is 0 Å². The van der Waals surface area contributed by atoms with Gasteiger partial charge in [0.25, 0.3) is 0 Å². The summed E-state index contributed by atoms with van der Waals surface area (Å²) in [5.41, 5.74) is 0.971. The molecule has 0 aliphatic carbocycles. The third-order valence-corrected chi connectivity index (χ3v) is 8.11. The number of likely N-dealkylation sites (tertiary alicyclic amines) is 1. The molecule has 1 aromatic carbocycles. The normalized spacial score (nSPS) is 17.0. The lowest BCUT2D eigenvalue weighted by atomic mass is 10.2. The highest BCUT2D eigenvalue weighted by atomic mass is 32.2. The number of hydrogen-bond donors (Lipinski definition) is 0. The van der Waals surface area contributed by atoms with E-state index in [1.54, 1.807) is 47.7 Å². The lowest BCUT2D eigenvalue weighted by Crippen LogP contribution is -2.42. The number of hydrogen-bond acceptors (Lipinski definition) is 5. The summed E-state index contributed by atoms with van der Waals surface area (Å²) in [4.78, 5) is 16.3. The van der Waals surface area contributed by atoms with Gasteiger partial charge in [-0.15, -0.1) is 11.3 Å². The van der Waals surface area contributed by atoms with Crippen molar-refractivity contribution in [2.45, 2.75) is 37.2 Å². The van der Waals surface area contributed by atoms with Crippen LogP contribution in [0.1, 0.15) is 35.1 Å². The van der Waals surface area contributed by atoms with Crippen molar-refractivity contribution in [1.82, 2.24) is 9.21 Å². The molecule has 2 aromatic heterocycles. The molecule has 1 atom stereocenters. The van der Waals surface area contributed by atoms with E-state index in [4.69, 9.17) is 4.42 Å². The first-order valence-electron chi connectivity index (χ1n) is 9.87. The Balaban J connectivity index is 1.60. The molecule has 1 fully saturated rings. The Bertz CT molecular complexity index is 1070. The van der Waals surface area contributed by atoms with Crippen LogP contribution in [-0.4, -0.2) is 36.6 Å². The maximum absolute atomic E-state index is 13.3. The van der Waals surface area contributed by atoms with Crippen LogP contribution in [0.5, 0.6) is 0 Å². The average molecular weight is 445 g/mol. The Hall–Kier alpha value is -2.42. The largest absolute Gasteiger partial charge is 0.468 e. The molecule has 0 unspecified atom stereocenters. The minimum Gasteiger partial charge on any atom is -0.468 e. The summed E-state index contributed by atoms with van der Waals surface area (Å²) in [5, 5.41) is 2.00. The zero-order chi connectivity index (χ0) is 21.1. The van der Waals surface area contributed by atoms with E-state index in [9.17, 15) is 13.2 Å². The van der Waals surface area contributed by atoms with Gasteiger partial charge in [-0.1, -0.05) is 23.8 Å². The fourth-order valence-corrected chi connectivity index (χ4v) is 5.97. The lowest BCUT2D eigenvalue weighted by molar-refractivity contribution is -0.132. The zero-order valence-electron chi connectivity index (χ0n) is 16.7. The molecular formula is C22H24N2O4S2. The smallest absolute Gasteiger partial charge is 0.243 e. The number of nitrogens with zero attached hydrogens (tertiary/aromatic N) is 2. The third kappa shape index (κ3) is 4.35. The van der Waals surface area contributed by atoms with Crippen molar-refractivity contribution in [2.24, 2.45) is 0 Å². The van der Waals surface area contributed by atoms with Crippen LogP contribution in [0, 0.1) is 6.92 Å². The predicted octanol–water partition coefficient (Wildman–Crippen LogP) is 4.20. The molecule has 3 aromatic rings. The van der Waals surface area contributed by atoms with Crippen molar-refractivity contribution in [2.75, 3.05) is 13.1 Å². The van der Waals surface area contributed by atoms with Crippen LogP contribution in [0.25, 0.3) is 0 Å². The van der Waals surface area contributed by atoms with Crippen LogP contribution in [-0.2, 0) is 21.4 Å². The fourth-order valence-electron chi connectivity index (χ4n) is 3.75. The molecule has 0 N–H and O–H groups in total. The Morgan fingerprint density at radius 1 is 1.20 bits per heavy atom. The van der Waals surface area contributed by atoms with Crippen molar-refractivity contribution in [3.05, 3.63) is 76.4 Å². The highest BCUT2D eigenvalue weighted by Crippen LogP contribution is 2.34. The zero-order valence-corrected chi connectivity index (χ0v) is 18.4. The molecule has 3 heterocycles. The molecule has 158 valence electrons. The fraction of sp³-hybridized carbons (Fsp3) is 0.318. The quantitative estimate of drug-likeness (QED) is 0.547. The Labute approximate surface area is 180 Å². The maximum atomic E-state index is 13.3. The first-order chi connectivity index (χ1) is 14.4. The van der Waals surface area contributed by atoms with E-state index < -0.39 is 10.0 Å². The van der Waals surface area contributed by atoms with Crippen molar-refractivity contribution in [3.8, 4) is 0 Å². The van der Waals surface area contributed by atoms with Crippen LogP contribution in [0.4, 0.5) is 0 Å². The minimum absolute atomic E-state index is 0.00641. The van der Waals surface area contributed by atoms with Crippen molar-refractivity contribution < 1.29 is 17.6 Å². The van der Waals surface area contributed by atoms with E-state index in [-0.39, 0.29) is 29.9 Å². The van der Waals surface area contributed by atoms with Crippen LogP contribution in [0.15, 0.2) is 69.5 Å². The number of carbonyl (C=O) groups is 1. The molecule has 8 heteroatoms. The average Bonchev–Trinajstić information content (AvgIpc) is 3.48. The number of sulfonamides is 1. The molecule has 6 nitrogen and oxygen atoms in total. The van der Waals surface area contributed by atoms with Gasteiger partial charge in [0.1, 0.15) is 5.76 Å². The lowest BCUT2D eigenvalue weighted by Gasteiger charge is -2.27. The molecule has 0 radical (unpaired) electrons. The molecule has 4 rings (SSSR count). The third-order valence-electron chi connectivity index (χ3n) is 5.33. The summed E-state index contributed by atoms with van der Waals surface area (Å²) in [6.45, 7) is 2.32. The number of carbonyl (C=O) groups excluding carboxylic acids is 1. The van der Waals surface area contributed by atoms with E-state index in [2.05, 4.69) is 0 Å². The number of rotatable bonds is 7. The highest BCUT2D eigenvalue weighted by Gasteiger charge is 2.34. The highest BCUT2D eigenvalue weighted by molar-refractivity contribution is 7.89. The van der Waals surface area contributed by atoms with E-state index >= 15 is 0 Å². The molecule has 1 aliphatic heterocycles. The summed E-state index contributed by atoms with van der Waals surface area (Å²) >= 11 is 1.63. The van der Waals surface area contributed by atoms with Gasteiger partial charge in [-0.25, -0.2) is 8.42 Å². The number of benzene rings is 1. The van der Waals surface area contributed by atoms with Gasteiger partial charge in [0, 0.05) is 11.4 Å². The Morgan fingerprint density at radius 2 is 2.00 bits per heavy atom. The van der Waals surface area contributed by atoms with E-state index in [0.29, 0.717) is 12.3 Å². The minimum atomic E-state index is -3.86. The molecular weight excluding hydrogens is 420 g/mol. The Morgan fingerprint density at radius 3 is 2.67 bits per heavy atom. The summed E-state index contributed by atoms with van der Waals surface area (Å²) < 4.78 is 33.3. The van der Waals surface area contributed by atoms with Gasteiger partial charge in [0.05, 0.1) is 30.3 Å². The summed E-state index contributed by atoms with van der Waals surface area (Å²) in [7, 11) is -3.86. The molecule has 0 saturated carbocycles. The van der Waals surface area contributed by atoms with Crippen molar-refractivity contribution >= 4 is 27.3 Å². The van der Waals surface area contributed by atoms with Gasteiger partial charge in [0.2, 0.25) is 15.9 Å². The number of amides is 1. The van der Waals surface area contributed by atoms with Crippen LogP contribution >= 0.6 is 11.3 Å². The second-order valence-electron chi connectivity index (χ2n) is 7.43. The van der Waals surface area contributed by atoms with Crippen molar-refractivity contribution in [3.63, 3.8) is 0 Å². The first-order valence-corrected chi connectivity index (χ1v) is 12.2. The summed E-state index contributed by atoms with van der Waals surface area (Å²) in [6.07, 6.45) is 3.31. The van der Waals surface area contributed by atoms with Crippen LogP contribution in [0.2, 0.25) is 0 Å². The van der Waals surface area contributed by atoms with E-state index in [1.165, 1.54) is 10.6 Å². The van der Waals surface area contributed by atoms with Gasteiger partial charge in [0.15, 0.2) is 0 Å². The van der Waals surface area contributed by atoms with Gasteiger partial charge in [-0.05, 0) is 55.5 Å². The Kier molecular flexibility index (Phi) is 6.08. The second kappa shape index (κ2) is 8.75. The molecule has 1 amide bonds. The second-order valence-corrected chi connectivity index (χ2v) is 10.3. The van der Waals surface area contributed by atoms with E-state index in [0.717, 1.165) is 23.3 Å². The first kappa shape index (κ1) is 20.8. The molecule has 0 bridgehead atoms. The molecule has 1 saturated heterocycles.